The van der Waals surface area contributed by atoms with Crippen LogP contribution in [0.1, 0.15) is 5.56 Å². The van der Waals surface area contributed by atoms with Crippen molar-refractivity contribution in [1.82, 2.24) is 14.3 Å². The second-order valence-corrected chi connectivity index (χ2v) is 5.96. The summed E-state index contributed by atoms with van der Waals surface area (Å²) in [4.78, 5) is 12.3. The summed E-state index contributed by atoms with van der Waals surface area (Å²) < 4.78 is 3.76. The lowest BCUT2D eigenvalue weighted by atomic mass is 10.2. The quantitative estimate of drug-likeness (QED) is 0.609. The van der Waals surface area contributed by atoms with Gasteiger partial charge in [0.05, 0.1) is 18.4 Å². The molecule has 0 aliphatic carbocycles. The van der Waals surface area contributed by atoms with Crippen LogP contribution in [0.5, 0.6) is 0 Å². The fourth-order valence-electron chi connectivity index (χ4n) is 2.92. The number of fused-ring (bicyclic) bond motifs is 1. The van der Waals surface area contributed by atoms with Gasteiger partial charge in [-0.15, -0.1) is 0 Å². The van der Waals surface area contributed by atoms with Crippen molar-refractivity contribution in [3.8, 4) is 0 Å². The van der Waals surface area contributed by atoms with Gasteiger partial charge in [0.2, 0.25) is 5.91 Å². The van der Waals surface area contributed by atoms with Crippen molar-refractivity contribution >= 4 is 22.5 Å². The first-order chi connectivity index (χ1) is 12.3. The van der Waals surface area contributed by atoms with E-state index in [1.165, 1.54) is 5.56 Å². The lowest BCUT2D eigenvalue weighted by molar-refractivity contribution is -0.116. The van der Waals surface area contributed by atoms with Crippen molar-refractivity contribution in [3.63, 3.8) is 0 Å². The molecule has 4 rings (SSSR count). The third-order valence-electron chi connectivity index (χ3n) is 4.10. The first-order valence-corrected chi connectivity index (χ1v) is 8.18. The van der Waals surface area contributed by atoms with Gasteiger partial charge in [-0.05, 0) is 23.1 Å². The molecule has 0 aliphatic rings. The average Bonchev–Trinajstić information content (AvgIpc) is 3.23. The van der Waals surface area contributed by atoms with Gasteiger partial charge in [-0.1, -0.05) is 48.5 Å². The van der Waals surface area contributed by atoms with Crippen LogP contribution in [0.2, 0.25) is 0 Å². The zero-order valence-electron chi connectivity index (χ0n) is 13.7. The topological polar surface area (TPSA) is 51.9 Å². The number of hydrogen-bond acceptors (Lipinski definition) is 2. The lowest BCUT2D eigenvalue weighted by Gasteiger charge is -2.06. The smallest absolute Gasteiger partial charge is 0.244 e. The molecule has 4 aromatic rings. The van der Waals surface area contributed by atoms with Gasteiger partial charge < -0.3 is 9.88 Å². The van der Waals surface area contributed by atoms with Crippen LogP contribution in [0.3, 0.4) is 0 Å². The predicted molar refractivity (Wildman–Crippen MR) is 98.3 cm³/mol. The van der Waals surface area contributed by atoms with Gasteiger partial charge in [0.15, 0.2) is 0 Å². The van der Waals surface area contributed by atoms with Crippen LogP contribution in [0.4, 0.5) is 5.69 Å². The molecular formula is C20H18N4O. The third kappa shape index (κ3) is 3.45. The molecule has 1 N–H and O–H groups in total. The van der Waals surface area contributed by atoms with E-state index in [1.54, 1.807) is 6.20 Å². The number of aromatic nitrogens is 3. The lowest BCUT2D eigenvalue weighted by Crippen LogP contribution is -2.17. The Hall–Kier alpha value is -3.34. The first kappa shape index (κ1) is 15.2. The SMILES string of the molecule is O=C(Cn1ccc2ccccc21)Nc1cnn(Cc2ccccc2)c1. The highest BCUT2D eigenvalue weighted by Crippen LogP contribution is 2.15. The van der Waals surface area contributed by atoms with E-state index in [0.29, 0.717) is 12.2 Å². The molecule has 2 aromatic carbocycles. The van der Waals surface area contributed by atoms with Crippen molar-refractivity contribution in [3.05, 3.63) is 84.8 Å². The van der Waals surface area contributed by atoms with Crippen LogP contribution >= 0.6 is 0 Å². The standard InChI is InChI=1S/C20H18N4O/c25-20(15-23-11-10-17-8-4-5-9-19(17)23)22-18-12-21-24(14-18)13-16-6-2-1-3-7-16/h1-12,14H,13,15H2,(H,22,25). The van der Waals surface area contributed by atoms with E-state index in [0.717, 1.165) is 10.9 Å². The third-order valence-corrected chi connectivity index (χ3v) is 4.10. The molecule has 5 nitrogen and oxygen atoms in total. The molecule has 0 saturated heterocycles. The summed E-state index contributed by atoms with van der Waals surface area (Å²) in [5, 5.41) is 8.35. The zero-order chi connectivity index (χ0) is 17.1. The Morgan fingerprint density at radius 3 is 2.68 bits per heavy atom. The van der Waals surface area contributed by atoms with Crippen LogP contribution < -0.4 is 5.32 Å². The van der Waals surface area contributed by atoms with E-state index >= 15 is 0 Å². The Bertz CT molecular complexity index is 1000. The van der Waals surface area contributed by atoms with Crippen LogP contribution in [0, 0.1) is 0 Å². The number of anilines is 1. The van der Waals surface area contributed by atoms with Crippen LogP contribution in [0.25, 0.3) is 10.9 Å². The molecule has 1 amide bonds. The molecule has 0 spiro atoms. The molecule has 2 aromatic heterocycles. The molecule has 0 saturated carbocycles. The summed E-state index contributed by atoms with van der Waals surface area (Å²) in [6, 6.07) is 20.1. The van der Waals surface area contributed by atoms with Crippen molar-refractivity contribution in [2.45, 2.75) is 13.1 Å². The molecule has 0 fully saturated rings. The zero-order valence-corrected chi connectivity index (χ0v) is 13.7. The molecule has 0 unspecified atom stereocenters. The molecule has 0 atom stereocenters. The monoisotopic (exact) mass is 330 g/mol. The number of carbonyl (C=O) groups is 1. The van der Waals surface area contributed by atoms with Crippen LogP contribution in [0.15, 0.2) is 79.3 Å². The number of carbonyl (C=O) groups excluding carboxylic acids is 1. The Morgan fingerprint density at radius 1 is 1.00 bits per heavy atom. The number of nitrogens with zero attached hydrogens (tertiary/aromatic N) is 3. The second kappa shape index (κ2) is 6.65. The summed E-state index contributed by atoms with van der Waals surface area (Å²) in [6.07, 6.45) is 5.45. The number of amides is 1. The minimum absolute atomic E-state index is 0.0689. The number of hydrogen-bond donors (Lipinski definition) is 1. The van der Waals surface area contributed by atoms with Crippen molar-refractivity contribution in [1.29, 1.82) is 0 Å². The van der Waals surface area contributed by atoms with Gasteiger partial charge in [0, 0.05) is 17.9 Å². The number of rotatable bonds is 5. The highest BCUT2D eigenvalue weighted by Gasteiger charge is 2.08. The van der Waals surface area contributed by atoms with Gasteiger partial charge in [-0.3, -0.25) is 9.48 Å². The van der Waals surface area contributed by atoms with E-state index in [2.05, 4.69) is 22.5 Å². The summed E-state index contributed by atoms with van der Waals surface area (Å²) in [6.45, 7) is 0.955. The van der Waals surface area contributed by atoms with Gasteiger partial charge in [-0.2, -0.15) is 5.10 Å². The number of para-hydroxylation sites is 1. The minimum atomic E-state index is -0.0689. The van der Waals surface area contributed by atoms with E-state index in [-0.39, 0.29) is 12.5 Å². The summed E-state index contributed by atoms with van der Waals surface area (Å²) in [5.41, 5.74) is 2.93. The van der Waals surface area contributed by atoms with Crippen molar-refractivity contribution in [2.24, 2.45) is 0 Å². The normalized spacial score (nSPS) is 10.9. The fraction of sp³-hybridized carbons (Fsp3) is 0.100. The first-order valence-electron chi connectivity index (χ1n) is 8.18. The largest absolute Gasteiger partial charge is 0.338 e. The number of benzene rings is 2. The van der Waals surface area contributed by atoms with E-state index in [4.69, 9.17) is 0 Å². The van der Waals surface area contributed by atoms with E-state index in [1.807, 2.05) is 70.2 Å². The van der Waals surface area contributed by atoms with E-state index < -0.39 is 0 Å². The minimum Gasteiger partial charge on any atom is -0.338 e. The maximum Gasteiger partial charge on any atom is 0.244 e. The maximum absolute atomic E-state index is 12.3. The molecule has 0 bridgehead atoms. The molecule has 25 heavy (non-hydrogen) atoms. The van der Waals surface area contributed by atoms with Gasteiger partial charge in [0.25, 0.3) is 0 Å². The molecule has 0 aliphatic heterocycles. The highest BCUT2D eigenvalue weighted by molar-refractivity contribution is 5.91. The number of nitrogens with one attached hydrogen (secondary N) is 1. The predicted octanol–water partition coefficient (Wildman–Crippen LogP) is 3.52. The Labute approximate surface area is 145 Å². The van der Waals surface area contributed by atoms with Gasteiger partial charge in [-0.25, -0.2) is 0 Å². The maximum atomic E-state index is 12.3. The van der Waals surface area contributed by atoms with Gasteiger partial charge in [0.1, 0.15) is 6.54 Å². The molecule has 2 heterocycles. The highest BCUT2D eigenvalue weighted by atomic mass is 16.1. The summed E-state index contributed by atoms with van der Waals surface area (Å²) in [5.74, 6) is -0.0689. The average molecular weight is 330 g/mol. The van der Waals surface area contributed by atoms with Crippen molar-refractivity contribution in [2.75, 3.05) is 5.32 Å². The Morgan fingerprint density at radius 2 is 1.80 bits per heavy atom. The fourth-order valence-corrected chi connectivity index (χ4v) is 2.92. The van der Waals surface area contributed by atoms with Gasteiger partial charge >= 0.3 is 0 Å². The molecule has 0 radical (unpaired) electrons. The van der Waals surface area contributed by atoms with Crippen molar-refractivity contribution < 1.29 is 4.79 Å². The second-order valence-electron chi connectivity index (χ2n) is 5.96. The molecular weight excluding hydrogens is 312 g/mol. The molecule has 5 heteroatoms. The van der Waals surface area contributed by atoms with Crippen LogP contribution in [-0.2, 0) is 17.9 Å². The Kier molecular flexibility index (Phi) is 4.04. The summed E-state index contributed by atoms with van der Waals surface area (Å²) in [7, 11) is 0. The molecule has 124 valence electrons. The Balaban J connectivity index is 1.41. The van der Waals surface area contributed by atoms with Crippen LogP contribution in [-0.4, -0.2) is 20.3 Å². The van der Waals surface area contributed by atoms with E-state index in [9.17, 15) is 4.79 Å². The summed E-state index contributed by atoms with van der Waals surface area (Å²) >= 11 is 0.